The normalized spacial score (nSPS) is 21.1. The molecule has 0 radical (unpaired) electrons. The lowest BCUT2D eigenvalue weighted by atomic mass is 10.2. The number of hydrogen-bond donors (Lipinski definition) is 1. The minimum atomic E-state index is 0.673. The van der Waals surface area contributed by atoms with E-state index in [0.717, 1.165) is 12.6 Å². The van der Waals surface area contributed by atoms with E-state index in [1.807, 2.05) is 11.3 Å². The summed E-state index contributed by atoms with van der Waals surface area (Å²) < 4.78 is 0. The Bertz CT molecular complexity index is 386. The number of nitrogens with zero attached hydrogens (tertiary/aromatic N) is 2. The Morgan fingerprint density at radius 3 is 2.89 bits per heavy atom. The molecule has 2 heterocycles. The molecule has 0 spiro atoms. The topological polar surface area (TPSA) is 32.5 Å². The second-order valence-electron chi connectivity index (χ2n) is 5.53. The molecule has 0 aromatic carbocycles. The van der Waals surface area contributed by atoms with Gasteiger partial charge in [-0.1, -0.05) is 0 Å². The molecular formula is C14H25N3S. The van der Waals surface area contributed by atoms with Gasteiger partial charge in [0.2, 0.25) is 0 Å². The van der Waals surface area contributed by atoms with Gasteiger partial charge < -0.3 is 10.6 Å². The van der Waals surface area contributed by atoms with Crippen molar-refractivity contribution < 1.29 is 0 Å². The van der Waals surface area contributed by atoms with E-state index in [1.54, 1.807) is 0 Å². The zero-order valence-corrected chi connectivity index (χ0v) is 12.6. The zero-order valence-electron chi connectivity index (χ0n) is 11.8. The molecule has 1 unspecified atom stereocenters. The van der Waals surface area contributed by atoms with Crippen molar-refractivity contribution in [1.82, 2.24) is 9.80 Å². The highest BCUT2D eigenvalue weighted by Gasteiger charge is 2.25. The molecule has 1 saturated heterocycles. The van der Waals surface area contributed by atoms with Gasteiger partial charge in [-0.05, 0) is 52.0 Å². The van der Waals surface area contributed by atoms with Crippen LogP contribution >= 0.6 is 11.3 Å². The van der Waals surface area contributed by atoms with Crippen LogP contribution in [0.1, 0.15) is 28.2 Å². The van der Waals surface area contributed by atoms with Gasteiger partial charge >= 0.3 is 0 Å². The number of thiophene rings is 1. The molecular weight excluding hydrogens is 242 g/mol. The fraction of sp³-hybridized carbons (Fsp3) is 0.714. The second kappa shape index (κ2) is 6.15. The molecule has 1 aliphatic heterocycles. The Morgan fingerprint density at radius 1 is 1.50 bits per heavy atom. The molecule has 1 aromatic rings. The van der Waals surface area contributed by atoms with E-state index in [0.29, 0.717) is 6.54 Å². The molecule has 102 valence electrons. The summed E-state index contributed by atoms with van der Waals surface area (Å²) in [5.74, 6) is 0. The molecule has 0 aliphatic carbocycles. The molecule has 1 aromatic heterocycles. The molecule has 0 amide bonds. The van der Waals surface area contributed by atoms with Gasteiger partial charge in [-0.3, -0.25) is 4.90 Å². The Kier molecular flexibility index (Phi) is 4.78. The number of hydrogen-bond acceptors (Lipinski definition) is 4. The molecule has 18 heavy (non-hydrogen) atoms. The van der Waals surface area contributed by atoms with E-state index < -0.39 is 0 Å². The van der Waals surface area contributed by atoms with Gasteiger partial charge in [0.15, 0.2) is 0 Å². The lowest BCUT2D eigenvalue weighted by Crippen LogP contribution is -2.37. The molecule has 1 aliphatic rings. The van der Waals surface area contributed by atoms with Crippen LogP contribution in [0, 0.1) is 6.92 Å². The summed E-state index contributed by atoms with van der Waals surface area (Å²) in [5, 5.41) is 0. The van der Waals surface area contributed by atoms with E-state index in [2.05, 4.69) is 36.9 Å². The summed E-state index contributed by atoms with van der Waals surface area (Å²) in [4.78, 5) is 7.68. The highest BCUT2D eigenvalue weighted by atomic mass is 32.1. The monoisotopic (exact) mass is 267 g/mol. The van der Waals surface area contributed by atoms with Crippen LogP contribution in [-0.2, 0) is 13.1 Å². The SMILES string of the molecule is Cc1sc(CN)cc1CN1CCCC1CN(C)C. The highest BCUT2D eigenvalue weighted by Crippen LogP contribution is 2.26. The van der Waals surface area contributed by atoms with Crippen LogP contribution < -0.4 is 5.73 Å². The van der Waals surface area contributed by atoms with E-state index >= 15 is 0 Å². The zero-order chi connectivity index (χ0) is 13.1. The fourth-order valence-electron chi connectivity index (χ4n) is 2.80. The van der Waals surface area contributed by atoms with Crippen LogP contribution in [0.2, 0.25) is 0 Å². The maximum Gasteiger partial charge on any atom is 0.0274 e. The summed E-state index contributed by atoms with van der Waals surface area (Å²) in [6.07, 6.45) is 2.68. The van der Waals surface area contributed by atoms with Gasteiger partial charge in [0.1, 0.15) is 0 Å². The molecule has 4 heteroatoms. The Labute approximate surface area is 115 Å². The third-order valence-corrected chi connectivity index (χ3v) is 4.84. The Morgan fingerprint density at radius 2 is 2.28 bits per heavy atom. The molecule has 0 saturated carbocycles. The van der Waals surface area contributed by atoms with Crippen molar-refractivity contribution in [3.63, 3.8) is 0 Å². The molecule has 2 rings (SSSR count). The predicted molar refractivity (Wildman–Crippen MR) is 78.9 cm³/mol. The first kappa shape index (κ1) is 14.0. The molecule has 1 atom stereocenters. The minimum Gasteiger partial charge on any atom is -0.326 e. The summed E-state index contributed by atoms with van der Waals surface area (Å²) in [5.41, 5.74) is 7.20. The van der Waals surface area contributed by atoms with E-state index in [1.165, 1.54) is 41.2 Å². The quantitative estimate of drug-likeness (QED) is 0.886. The van der Waals surface area contributed by atoms with Crippen molar-refractivity contribution in [2.45, 2.75) is 38.9 Å². The first-order valence-electron chi connectivity index (χ1n) is 6.77. The van der Waals surface area contributed by atoms with Crippen molar-refractivity contribution in [2.75, 3.05) is 27.2 Å². The second-order valence-corrected chi connectivity index (χ2v) is 6.87. The highest BCUT2D eigenvalue weighted by molar-refractivity contribution is 7.12. The third-order valence-electron chi connectivity index (χ3n) is 3.72. The predicted octanol–water partition coefficient (Wildman–Crippen LogP) is 2.04. The third kappa shape index (κ3) is 3.32. The van der Waals surface area contributed by atoms with Gasteiger partial charge in [0, 0.05) is 35.4 Å². The van der Waals surface area contributed by atoms with Gasteiger partial charge in [-0.15, -0.1) is 11.3 Å². The molecule has 3 nitrogen and oxygen atoms in total. The number of aryl methyl sites for hydroxylation is 1. The van der Waals surface area contributed by atoms with Gasteiger partial charge in [-0.2, -0.15) is 0 Å². The van der Waals surface area contributed by atoms with E-state index in [9.17, 15) is 0 Å². The first-order chi connectivity index (χ1) is 8.60. The standard InChI is InChI=1S/C14H25N3S/c1-11-12(7-14(8-15)18-11)9-17-6-4-5-13(17)10-16(2)3/h7,13H,4-6,8-10,15H2,1-3H3. The van der Waals surface area contributed by atoms with Crippen molar-refractivity contribution in [3.05, 3.63) is 21.4 Å². The van der Waals surface area contributed by atoms with Crippen LogP contribution in [0.15, 0.2) is 6.07 Å². The fourth-order valence-corrected chi connectivity index (χ4v) is 3.73. The average molecular weight is 267 g/mol. The minimum absolute atomic E-state index is 0.673. The van der Waals surface area contributed by atoms with Crippen LogP contribution in [-0.4, -0.2) is 43.0 Å². The van der Waals surface area contributed by atoms with Gasteiger partial charge in [0.05, 0.1) is 0 Å². The maximum absolute atomic E-state index is 5.72. The van der Waals surface area contributed by atoms with Crippen molar-refractivity contribution in [1.29, 1.82) is 0 Å². The Hall–Kier alpha value is -0.420. The summed E-state index contributed by atoms with van der Waals surface area (Å²) in [6, 6.07) is 3.02. The summed E-state index contributed by atoms with van der Waals surface area (Å²) >= 11 is 1.85. The Balaban J connectivity index is 2.01. The van der Waals surface area contributed by atoms with E-state index in [-0.39, 0.29) is 0 Å². The summed E-state index contributed by atoms with van der Waals surface area (Å²) in [7, 11) is 4.33. The van der Waals surface area contributed by atoms with Crippen LogP contribution in [0.3, 0.4) is 0 Å². The van der Waals surface area contributed by atoms with Crippen molar-refractivity contribution >= 4 is 11.3 Å². The maximum atomic E-state index is 5.72. The van der Waals surface area contributed by atoms with Crippen LogP contribution in [0.5, 0.6) is 0 Å². The average Bonchev–Trinajstić information content (AvgIpc) is 2.87. The van der Waals surface area contributed by atoms with Crippen LogP contribution in [0.25, 0.3) is 0 Å². The van der Waals surface area contributed by atoms with Crippen molar-refractivity contribution in [2.24, 2.45) is 5.73 Å². The number of rotatable bonds is 5. The molecule has 0 bridgehead atoms. The van der Waals surface area contributed by atoms with Gasteiger partial charge in [-0.25, -0.2) is 0 Å². The number of nitrogens with two attached hydrogens (primary N) is 1. The van der Waals surface area contributed by atoms with Crippen LogP contribution in [0.4, 0.5) is 0 Å². The molecule has 2 N–H and O–H groups in total. The largest absolute Gasteiger partial charge is 0.326 e. The van der Waals surface area contributed by atoms with Crippen molar-refractivity contribution in [3.8, 4) is 0 Å². The lowest BCUT2D eigenvalue weighted by Gasteiger charge is -2.26. The van der Waals surface area contributed by atoms with Gasteiger partial charge in [0.25, 0.3) is 0 Å². The van der Waals surface area contributed by atoms with E-state index in [4.69, 9.17) is 5.73 Å². The smallest absolute Gasteiger partial charge is 0.0274 e. The summed E-state index contributed by atoms with van der Waals surface area (Å²) in [6.45, 7) is 6.41. The number of likely N-dealkylation sites (tertiary alicyclic amines) is 1. The lowest BCUT2D eigenvalue weighted by molar-refractivity contribution is 0.201. The molecule has 1 fully saturated rings. The number of likely N-dealkylation sites (N-methyl/N-ethyl adjacent to an activating group) is 1. The first-order valence-corrected chi connectivity index (χ1v) is 7.59.